The summed E-state index contributed by atoms with van der Waals surface area (Å²) >= 11 is 0. The lowest BCUT2D eigenvalue weighted by Gasteiger charge is -2.19. The number of nitrogen functional groups attached to an aromatic ring is 1. The quantitative estimate of drug-likeness (QED) is 0.0897. The number of carbonyl (C=O) groups excluding carboxylic acids is 1. The summed E-state index contributed by atoms with van der Waals surface area (Å²) in [6.07, 6.45) is 14.4. The Morgan fingerprint density at radius 1 is 0.606 bits per heavy atom. The number of rotatable bonds is 11. The lowest BCUT2D eigenvalue weighted by Crippen LogP contribution is -2.27. The van der Waals surface area contributed by atoms with Crippen molar-refractivity contribution in [3.8, 4) is 45.0 Å². The Bertz CT molecular complexity index is 3520. The van der Waals surface area contributed by atoms with Gasteiger partial charge < -0.3 is 30.9 Å². The molecular formula is C53H56N16O2. The molecule has 18 heteroatoms. The van der Waals surface area contributed by atoms with Gasteiger partial charge in [0.05, 0.1) is 23.8 Å². The van der Waals surface area contributed by atoms with Gasteiger partial charge in [-0.05, 0) is 81.4 Å². The number of nitrogens with one attached hydrogen (secondary N) is 3. The number of benzene rings is 4. The predicted molar refractivity (Wildman–Crippen MR) is 284 cm³/mol. The van der Waals surface area contributed by atoms with Gasteiger partial charge in [-0.2, -0.15) is 10.2 Å². The van der Waals surface area contributed by atoms with E-state index >= 15 is 0 Å². The first kappa shape index (κ1) is 46.9. The molecule has 71 heavy (non-hydrogen) atoms. The van der Waals surface area contributed by atoms with Gasteiger partial charge in [-0.3, -0.25) is 23.5 Å². The minimum atomic E-state index is -0.587. The summed E-state index contributed by atoms with van der Waals surface area (Å²) in [7, 11) is 11.8. The molecule has 0 radical (unpaired) electrons. The molecule has 0 saturated heterocycles. The van der Waals surface area contributed by atoms with E-state index in [-0.39, 0.29) is 0 Å². The summed E-state index contributed by atoms with van der Waals surface area (Å²) in [5.74, 6) is 1.33. The Morgan fingerprint density at radius 2 is 1.07 bits per heavy atom. The summed E-state index contributed by atoms with van der Waals surface area (Å²) < 4.78 is 13.0. The Hall–Kier alpha value is -9.19. The van der Waals surface area contributed by atoms with Gasteiger partial charge in [0.15, 0.2) is 22.9 Å². The largest absolute Gasteiger partial charge is 0.444 e. The summed E-state index contributed by atoms with van der Waals surface area (Å²) in [6.45, 7) is 5.49. The standard InChI is InChI=1S/C29H32N8O2.C24H24N8/c1-29(2,3)39-28(38)33-20-10-7-9-19(15-20)25-23(18-36(6)34-25)24-17-31-27-26(30-13-14-37(24)27)32-21-11-8-12-22(16-21)35(4)5;1-30(2)19-9-5-8-18(13-19)28-23-24-27-14-21(32(24)11-10-26-23)20-15-31(3)29-22(20)16-6-4-7-17(25)12-16/h7-18H,1-6H3,(H,30,32)(H,33,38);4-15H,25H2,1-3H3,(H,26,28). The van der Waals surface area contributed by atoms with Gasteiger partial charge >= 0.3 is 6.09 Å². The van der Waals surface area contributed by atoms with Crippen molar-refractivity contribution >= 4 is 63.1 Å². The van der Waals surface area contributed by atoms with E-state index in [1.807, 2.05) is 182 Å². The zero-order valence-electron chi connectivity index (χ0n) is 41.1. The Morgan fingerprint density at radius 3 is 1.55 bits per heavy atom. The average Bonchev–Trinajstić information content (AvgIpc) is 4.14. The first-order chi connectivity index (χ1) is 34.1. The highest BCUT2D eigenvalue weighted by Crippen LogP contribution is 2.36. The molecule has 0 aliphatic rings. The van der Waals surface area contributed by atoms with E-state index in [0.717, 1.165) is 73.4 Å². The molecule has 0 aliphatic carbocycles. The molecule has 0 fully saturated rings. The van der Waals surface area contributed by atoms with Crippen LogP contribution in [-0.2, 0) is 18.8 Å². The van der Waals surface area contributed by atoms with Crippen molar-refractivity contribution in [2.24, 2.45) is 14.1 Å². The zero-order valence-corrected chi connectivity index (χ0v) is 41.1. The van der Waals surface area contributed by atoms with Crippen molar-refractivity contribution < 1.29 is 9.53 Å². The van der Waals surface area contributed by atoms with Crippen LogP contribution in [0.5, 0.6) is 0 Å². The molecule has 4 aromatic carbocycles. The number of nitrogens with zero attached hydrogens (tertiary/aromatic N) is 12. The molecule has 1 amide bonds. The maximum Gasteiger partial charge on any atom is 0.412 e. The normalized spacial score (nSPS) is 11.3. The zero-order chi connectivity index (χ0) is 50.0. The predicted octanol–water partition coefficient (Wildman–Crippen LogP) is 10.1. The highest BCUT2D eigenvalue weighted by molar-refractivity contribution is 5.88. The fourth-order valence-corrected chi connectivity index (χ4v) is 8.04. The van der Waals surface area contributed by atoms with Gasteiger partial charge in [0.1, 0.15) is 17.0 Å². The second kappa shape index (κ2) is 19.4. The van der Waals surface area contributed by atoms with Crippen LogP contribution in [0, 0.1) is 0 Å². The first-order valence-corrected chi connectivity index (χ1v) is 22.8. The number of aryl methyl sites for hydroxylation is 2. The lowest BCUT2D eigenvalue weighted by molar-refractivity contribution is 0.0636. The van der Waals surface area contributed by atoms with Crippen molar-refractivity contribution in [3.05, 3.63) is 147 Å². The molecule has 0 saturated carbocycles. The third-order valence-electron chi connectivity index (χ3n) is 11.3. The molecule has 0 atom stereocenters. The molecule has 5 N–H and O–H groups in total. The molecule has 18 nitrogen and oxygen atoms in total. The SMILES string of the molecule is CN(C)c1cccc(Nc2nccn3c(-c4cn(C)nc4-c4cccc(N)c4)cnc23)c1.CN(C)c1cccc(Nc2nccn3c(-c4cn(C)nc4-c4cccc(NC(=O)OC(C)(C)C)c4)cnc23)c1. The number of hydrogen-bond donors (Lipinski definition) is 4. The number of hydrogen-bond acceptors (Lipinski definition) is 13. The van der Waals surface area contributed by atoms with Gasteiger partial charge in [-0.1, -0.05) is 36.4 Å². The molecule has 0 spiro atoms. The van der Waals surface area contributed by atoms with Crippen molar-refractivity contribution in [1.82, 2.24) is 48.3 Å². The van der Waals surface area contributed by atoms with Crippen molar-refractivity contribution in [2.45, 2.75) is 26.4 Å². The third-order valence-corrected chi connectivity index (χ3v) is 11.3. The highest BCUT2D eigenvalue weighted by atomic mass is 16.6. The van der Waals surface area contributed by atoms with E-state index in [0.29, 0.717) is 28.7 Å². The number of aromatic nitrogens is 10. The minimum absolute atomic E-state index is 0.508. The van der Waals surface area contributed by atoms with E-state index in [4.69, 9.17) is 20.6 Å². The molecule has 0 aliphatic heterocycles. The van der Waals surface area contributed by atoms with E-state index in [1.165, 1.54) is 0 Å². The molecule has 6 heterocycles. The maximum atomic E-state index is 12.3. The van der Waals surface area contributed by atoms with Crippen molar-refractivity contribution in [2.75, 3.05) is 59.7 Å². The van der Waals surface area contributed by atoms with E-state index in [2.05, 4.69) is 70.1 Å². The number of amides is 1. The van der Waals surface area contributed by atoms with Crippen LogP contribution in [0.25, 0.3) is 56.3 Å². The fraction of sp³-hybridized carbons (Fsp3) is 0.189. The van der Waals surface area contributed by atoms with Gasteiger partial charge in [-0.15, -0.1) is 0 Å². The van der Waals surface area contributed by atoms with Crippen LogP contribution in [0.4, 0.5) is 50.6 Å². The number of carbonyl (C=O) groups is 1. The molecule has 10 rings (SSSR count). The topological polar surface area (TPSA) is 191 Å². The monoisotopic (exact) mass is 948 g/mol. The fourth-order valence-electron chi connectivity index (χ4n) is 8.04. The number of fused-ring (bicyclic) bond motifs is 2. The number of anilines is 8. The molecule has 10 aromatic rings. The summed E-state index contributed by atoms with van der Waals surface area (Å²) in [6, 6.07) is 31.6. The summed E-state index contributed by atoms with van der Waals surface area (Å²) in [5.41, 5.74) is 19.3. The van der Waals surface area contributed by atoms with Crippen LogP contribution < -0.4 is 31.5 Å². The number of imidazole rings is 2. The van der Waals surface area contributed by atoms with E-state index in [9.17, 15) is 4.79 Å². The molecular weight excluding hydrogens is 893 g/mol. The third kappa shape index (κ3) is 10.5. The van der Waals surface area contributed by atoms with Crippen molar-refractivity contribution in [1.29, 1.82) is 0 Å². The number of nitrogens with two attached hydrogens (primary N) is 1. The van der Waals surface area contributed by atoms with E-state index in [1.54, 1.807) is 21.8 Å². The molecule has 360 valence electrons. The Labute approximate surface area is 411 Å². The smallest absolute Gasteiger partial charge is 0.412 e. The minimum Gasteiger partial charge on any atom is -0.444 e. The van der Waals surface area contributed by atoms with Crippen LogP contribution in [0.3, 0.4) is 0 Å². The highest BCUT2D eigenvalue weighted by Gasteiger charge is 2.21. The Kier molecular flexibility index (Phi) is 12.8. The number of ether oxygens (including phenoxy) is 1. The van der Waals surface area contributed by atoms with Gasteiger partial charge in [0.2, 0.25) is 0 Å². The van der Waals surface area contributed by atoms with Crippen LogP contribution in [0.15, 0.2) is 147 Å². The lowest BCUT2D eigenvalue weighted by atomic mass is 10.1. The second-order valence-electron chi connectivity index (χ2n) is 18.3. The van der Waals surface area contributed by atoms with Crippen LogP contribution >= 0.6 is 0 Å². The molecule has 0 unspecified atom stereocenters. The van der Waals surface area contributed by atoms with Gasteiger partial charge in [-0.25, -0.2) is 24.7 Å². The maximum absolute atomic E-state index is 12.3. The Balaban J connectivity index is 0.000000179. The molecule has 6 aromatic heterocycles. The van der Waals surface area contributed by atoms with E-state index < -0.39 is 11.7 Å². The summed E-state index contributed by atoms with van der Waals surface area (Å²) in [4.78, 5) is 34.9. The second-order valence-corrected chi connectivity index (χ2v) is 18.3. The van der Waals surface area contributed by atoms with Crippen LogP contribution in [0.1, 0.15) is 20.8 Å². The van der Waals surface area contributed by atoms with Crippen molar-refractivity contribution in [3.63, 3.8) is 0 Å². The summed E-state index contributed by atoms with van der Waals surface area (Å²) in [5, 5.41) is 19.0. The van der Waals surface area contributed by atoms with Gasteiger partial charge in [0.25, 0.3) is 0 Å². The van der Waals surface area contributed by atoms with Gasteiger partial charge in [0, 0.05) is 136 Å². The molecule has 0 bridgehead atoms. The average molecular weight is 949 g/mol. The van der Waals surface area contributed by atoms with Crippen LogP contribution in [-0.4, -0.2) is 88.2 Å². The van der Waals surface area contributed by atoms with Crippen LogP contribution in [0.2, 0.25) is 0 Å². The first-order valence-electron chi connectivity index (χ1n) is 22.8.